The second kappa shape index (κ2) is 9.79. The summed E-state index contributed by atoms with van der Waals surface area (Å²) in [6.07, 6.45) is 1.98. The summed E-state index contributed by atoms with van der Waals surface area (Å²) in [6, 6.07) is 0. The van der Waals surface area contributed by atoms with Crippen LogP contribution >= 0.6 is 0 Å². The van der Waals surface area contributed by atoms with Crippen LogP contribution in [-0.2, 0) is 42.0 Å². The van der Waals surface area contributed by atoms with E-state index in [9.17, 15) is 8.42 Å². The highest BCUT2D eigenvalue weighted by atomic mass is 32.2. The van der Waals surface area contributed by atoms with Gasteiger partial charge in [0.1, 0.15) is 5.76 Å². The zero-order chi connectivity index (χ0) is 20.0. The molecule has 3 aliphatic heterocycles. The summed E-state index contributed by atoms with van der Waals surface area (Å²) in [5.41, 5.74) is 0.747. The van der Waals surface area contributed by atoms with Crippen molar-refractivity contribution in [3.63, 3.8) is 0 Å². The van der Waals surface area contributed by atoms with Crippen LogP contribution in [0.3, 0.4) is 0 Å². The average molecular weight is 418 g/mol. The van der Waals surface area contributed by atoms with Gasteiger partial charge in [0, 0.05) is 32.1 Å². The van der Waals surface area contributed by atoms with Crippen LogP contribution in [0.1, 0.15) is 36.1 Å². The Hall–Kier alpha value is -1.53. The molecule has 1 atom stereocenters. The molecule has 0 bridgehead atoms. The van der Waals surface area contributed by atoms with Crippen molar-refractivity contribution in [2.75, 3.05) is 45.3 Å². The van der Waals surface area contributed by atoms with Gasteiger partial charge in [0.2, 0.25) is 10.0 Å². The molecule has 0 aliphatic carbocycles. The molecule has 11 heteroatoms. The van der Waals surface area contributed by atoms with Crippen LogP contribution in [0.15, 0.2) is 4.42 Å². The topological polar surface area (TPSA) is 128 Å². The molecule has 0 saturated carbocycles. The number of carbonyl (C=O) groups is 1. The third-order valence-corrected chi connectivity index (χ3v) is 6.85. The van der Waals surface area contributed by atoms with E-state index in [0.717, 1.165) is 43.4 Å². The van der Waals surface area contributed by atoms with Crippen molar-refractivity contribution in [3.05, 3.63) is 17.3 Å². The number of hydrogen-bond donors (Lipinski definition) is 1. The summed E-state index contributed by atoms with van der Waals surface area (Å²) < 4.78 is 48.9. The smallest absolute Gasteiger partial charge is 0.290 e. The third kappa shape index (κ3) is 5.29. The maximum absolute atomic E-state index is 12.7. The van der Waals surface area contributed by atoms with Gasteiger partial charge in [0.05, 0.1) is 43.9 Å². The molecule has 0 radical (unpaired) electrons. The van der Waals surface area contributed by atoms with Crippen molar-refractivity contribution in [2.45, 2.75) is 37.8 Å². The molecule has 2 fully saturated rings. The second-order valence-corrected chi connectivity index (χ2v) is 8.86. The third-order valence-electron chi connectivity index (χ3n) is 4.95. The molecule has 158 valence electrons. The molecule has 2 saturated heterocycles. The molecule has 28 heavy (non-hydrogen) atoms. The first-order valence-electron chi connectivity index (χ1n) is 9.34. The summed E-state index contributed by atoms with van der Waals surface area (Å²) >= 11 is 0. The molecular weight excluding hydrogens is 392 g/mol. The van der Waals surface area contributed by atoms with Crippen LogP contribution in [-0.4, -0.2) is 80.7 Å². The number of carboxylic acid groups (broad SMARTS) is 1. The van der Waals surface area contributed by atoms with Crippen molar-refractivity contribution in [2.24, 2.45) is 0 Å². The molecule has 0 aromatic carbocycles. The van der Waals surface area contributed by atoms with E-state index in [1.165, 1.54) is 4.31 Å². The largest absolute Gasteiger partial charge is 0.483 e. The lowest BCUT2D eigenvalue weighted by atomic mass is 10.0. The number of ether oxygens (including phenoxy) is 3. The zero-order valence-electron chi connectivity index (χ0n) is 15.6. The first kappa shape index (κ1) is 21.2. The second-order valence-electron chi connectivity index (χ2n) is 6.84. The van der Waals surface area contributed by atoms with Gasteiger partial charge in [-0.25, -0.2) is 13.4 Å². The average Bonchev–Trinajstić information content (AvgIpc) is 3.13. The molecule has 4 heterocycles. The highest BCUT2D eigenvalue weighted by molar-refractivity contribution is 7.89. The van der Waals surface area contributed by atoms with Crippen LogP contribution in [0.4, 0.5) is 0 Å². The predicted molar refractivity (Wildman–Crippen MR) is 96.4 cm³/mol. The van der Waals surface area contributed by atoms with Gasteiger partial charge in [-0.15, -0.1) is 0 Å². The van der Waals surface area contributed by atoms with Gasteiger partial charge in [0.15, 0.2) is 5.89 Å². The van der Waals surface area contributed by atoms with Gasteiger partial charge in [-0.05, 0) is 12.8 Å². The summed E-state index contributed by atoms with van der Waals surface area (Å²) in [7, 11) is -3.41. The van der Waals surface area contributed by atoms with Gasteiger partial charge in [-0.2, -0.15) is 4.31 Å². The number of nitrogens with zero attached hydrogens (tertiary/aromatic N) is 2. The minimum absolute atomic E-state index is 0.0486. The Labute approximate surface area is 163 Å². The van der Waals surface area contributed by atoms with Gasteiger partial charge < -0.3 is 23.7 Å². The lowest BCUT2D eigenvalue weighted by Gasteiger charge is -2.28. The van der Waals surface area contributed by atoms with Crippen molar-refractivity contribution in [1.29, 1.82) is 0 Å². The molecule has 0 amide bonds. The Morgan fingerprint density at radius 2 is 1.93 bits per heavy atom. The normalized spacial score (nSPS) is 24.1. The van der Waals surface area contributed by atoms with E-state index in [1.807, 2.05) is 0 Å². The van der Waals surface area contributed by atoms with Crippen LogP contribution in [0.5, 0.6) is 0 Å². The van der Waals surface area contributed by atoms with E-state index in [4.69, 9.17) is 28.5 Å². The van der Waals surface area contributed by atoms with Crippen LogP contribution < -0.4 is 0 Å². The minimum Gasteiger partial charge on any atom is -0.483 e. The Bertz CT molecular complexity index is 738. The lowest BCUT2D eigenvalue weighted by molar-refractivity contribution is -0.122. The monoisotopic (exact) mass is 418 g/mol. The number of sulfonamides is 1. The van der Waals surface area contributed by atoms with Crippen molar-refractivity contribution < 1.29 is 36.9 Å². The SMILES string of the molecule is O=CO.O=S(=O)(CC1COCCO1)N1CCc2oc(C3CCOCC3)nc2C1. The Morgan fingerprint density at radius 3 is 2.61 bits per heavy atom. The first-order valence-corrected chi connectivity index (χ1v) is 11.0. The molecule has 4 rings (SSSR count). The number of rotatable bonds is 4. The fraction of sp³-hybridized carbons (Fsp3) is 0.765. The van der Waals surface area contributed by atoms with Crippen molar-refractivity contribution in [3.8, 4) is 0 Å². The van der Waals surface area contributed by atoms with Crippen LogP contribution in [0.2, 0.25) is 0 Å². The molecule has 1 aromatic heterocycles. The fourth-order valence-electron chi connectivity index (χ4n) is 3.52. The quantitative estimate of drug-likeness (QED) is 0.690. The van der Waals surface area contributed by atoms with Crippen molar-refractivity contribution in [1.82, 2.24) is 9.29 Å². The highest BCUT2D eigenvalue weighted by Crippen LogP contribution is 2.30. The summed E-state index contributed by atoms with van der Waals surface area (Å²) in [5, 5.41) is 6.89. The molecular formula is C17H26N2O8S. The van der Waals surface area contributed by atoms with Crippen LogP contribution in [0.25, 0.3) is 0 Å². The van der Waals surface area contributed by atoms with E-state index in [-0.39, 0.29) is 24.7 Å². The maximum atomic E-state index is 12.7. The van der Waals surface area contributed by atoms with Gasteiger partial charge in [-0.1, -0.05) is 0 Å². The van der Waals surface area contributed by atoms with Gasteiger partial charge in [-0.3, -0.25) is 4.79 Å². The molecule has 1 aromatic rings. The van der Waals surface area contributed by atoms with Gasteiger partial charge >= 0.3 is 0 Å². The van der Waals surface area contributed by atoms with Gasteiger partial charge in [0.25, 0.3) is 6.47 Å². The Morgan fingerprint density at radius 1 is 1.18 bits per heavy atom. The number of hydrogen-bond acceptors (Lipinski definition) is 8. The van der Waals surface area contributed by atoms with E-state index in [0.29, 0.717) is 32.8 Å². The summed E-state index contributed by atoms with van der Waals surface area (Å²) in [6.45, 7) is 3.20. The summed E-state index contributed by atoms with van der Waals surface area (Å²) in [5.74, 6) is 1.78. The molecule has 0 spiro atoms. The molecule has 1 unspecified atom stereocenters. The maximum Gasteiger partial charge on any atom is 0.290 e. The van der Waals surface area contributed by atoms with E-state index >= 15 is 0 Å². The van der Waals surface area contributed by atoms with Crippen molar-refractivity contribution >= 4 is 16.5 Å². The number of aromatic nitrogens is 1. The standard InChI is InChI=1S/C16H24N2O6S.CH2O2/c19-25(20,11-13-10-22-7-8-23-13)18-4-1-15-14(9-18)17-16(24-15)12-2-5-21-6-3-12;2-1-3/h12-13H,1-11H2;1H,(H,2,3). The fourth-order valence-corrected chi connectivity index (χ4v) is 5.09. The molecule has 1 N–H and O–H groups in total. The Balaban J connectivity index is 0.000000706. The molecule has 3 aliphatic rings. The summed E-state index contributed by atoms with van der Waals surface area (Å²) in [4.78, 5) is 13.0. The van der Waals surface area contributed by atoms with Crippen LogP contribution in [0, 0.1) is 0 Å². The first-order chi connectivity index (χ1) is 13.5. The Kier molecular flexibility index (Phi) is 7.41. The predicted octanol–water partition coefficient (Wildman–Crippen LogP) is 0.373. The minimum atomic E-state index is -3.41. The highest BCUT2D eigenvalue weighted by Gasteiger charge is 2.34. The van der Waals surface area contributed by atoms with E-state index in [2.05, 4.69) is 4.98 Å². The zero-order valence-corrected chi connectivity index (χ0v) is 16.4. The van der Waals surface area contributed by atoms with E-state index < -0.39 is 16.1 Å². The van der Waals surface area contributed by atoms with E-state index in [1.54, 1.807) is 0 Å². The lowest BCUT2D eigenvalue weighted by Crippen LogP contribution is -2.43. The number of oxazole rings is 1. The molecule has 10 nitrogen and oxygen atoms in total. The number of fused-ring (bicyclic) bond motifs is 1.